The van der Waals surface area contributed by atoms with Gasteiger partial charge in [0.25, 0.3) is 0 Å². The van der Waals surface area contributed by atoms with Crippen molar-refractivity contribution in [1.29, 1.82) is 0 Å². The minimum Gasteiger partial charge on any atom is -0.444 e. The standard InChI is InChI=1S/C12H26N2O2/c1-5-6-7-10(13)8-9-14-11(15)16-12(2,3)4/h10H,5-9,13H2,1-4H3,(H,14,15). The maximum absolute atomic E-state index is 11.3. The van der Waals surface area contributed by atoms with Gasteiger partial charge >= 0.3 is 6.09 Å². The Morgan fingerprint density at radius 3 is 2.50 bits per heavy atom. The van der Waals surface area contributed by atoms with Gasteiger partial charge in [-0.05, 0) is 33.6 Å². The number of nitrogens with one attached hydrogen (secondary N) is 1. The summed E-state index contributed by atoms with van der Waals surface area (Å²) in [5.41, 5.74) is 5.45. The lowest BCUT2D eigenvalue weighted by Crippen LogP contribution is -2.35. The Morgan fingerprint density at radius 1 is 1.38 bits per heavy atom. The number of unbranched alkanes of at least 4 members (excludes halogenated alkanes) is 1. The Hall–Kier alpha value is -0.770. The van der Waals surface area contributed by atoms with Gasteiger partial charge in [-0.3, -0.25) is 0 Å². The van der Waals surface area contributed by atoms with Crippen LogP contribution in [0.5, 0.6) is 0 Å². The topological polar surface area (TPSA) is 64.3 Å². The van der Waals surface area contributed by atoms with Crippen LogP contribution in [0.4, 0.5) is 4.79 Å². The summed E-state index contributed by atoms with van der Waals surface area (Å²) < 4.78 is 5.11. The third-order valence-corrected chi connectivity index (χ3v) is 2.11. The predicted molar refractivity (Wildman–Crippen MR) is 66.4 cm³/mol. The molecule has 1 atom stereocenters. The minimum absolute atomic E-state index is 0.176. The summed E-state index contributed by atoms with van der Waals surface area (Å²) in [6, 6.07) is 0.176. The van der Waals surface area contributed by atoms with E-state index in [1.807, 2.05) is 20.8 Å². The molecule has 0 aromatic carbocycles. The number of hydrogen-bond donors (Lipinski definition) is 2. The fourth-order valence-electron chi connectivity index (χ4n) is 1.28. The molecule has 1 unspecified atom stereocenters. The lowest BCUT2D eigenvalue weighted by Gasteiger charge is -2.20. The second-order valence-corrected chi connectivity index (χ2v) is 5.12. The van der Waals surface area contributed by atoms with Crippen LogP contribution in [-0.2, 0) is 4.74 Å². The van der Waals surface area contributed by atoms with Gasteiger partial charge in [-0.15, -0.1) is 0 Å². The molecule has 3 N–H and O–H groups in total. The molecule has 0 aliphatic carbocycles. The van der Waals surface area contributed by atoms with Gasteiger partial charge in [-0.1, -0.05) is 19.8 Å². The fourth-order valence-corrected chi connectivity index (χ4v) is 1.28. The number of nitrogens with two attached hydrogens (primary N) is 1. The monoisotopic (exact) mass is 230 g/mol. The summed E-state index contributed by atoms with van der Waals surface area (Å²) >= 11 is 0. The zero-order valence-corrected chi connectivity index (χ0v) is 11.0. The van der Waals surface area contributed by atoms with Gasteiger partial charge in [0.05, 0.1) is 0 Å². The zero-order valence-electron chi connectivity index (χ0n) is 11.0. The van der Waals surface area contributed by atoms with Gasteiger partial charge in [0.1, 0.15) is 5.60 Å². The Labute approximate surface area is 98.9 Å². The molecule has 0 spiro atoms. The molecule has 0 aliphatic rings. The summed E-state index contributed by atoms with van der Waals surface area (Å²) in [7, 11) is 0. The van der Waals surface area contributed by atoms with Crippen LogP contribution in [0.25, 0.3) is 0 Å². The van der Waals surface area contributed by atoms with E-state index in [2.05, 4.69) is 12.2 Å². The van der Waals surface area contributed by atoms with Crippen LogP contribution in [0, 0.1) is 0 Å². The molecule has 0 aromatic heterocycles. The molecule has 4 nitrogen and oxygen atoms in total. The Balaban J connectivity index is 3.54. The number of amides is 1. The second-order valence-electron chi connectivity index (χ2n) is 5.12. The summed E-state index contributed by atoms with van der Waals surface area (Å²) in [5, 5.41) is 2.71. The van der Waals surface area contributed by atoms with Crippen molar-refractivity contribution in [2.24, 2.45) is 5.73 Å². The molecule has 0 saturated heterocycles. The van der Waals surface area contributed by atoms with Crippen LogP contribution in [0.2, 0.25) is 0 Å². The van der Waals surface area contributed by atoms with Crippen LogP contribution >= 0.6 is 0 Å². The van der Waals surface area contributed by atoms with E-state index in [1.54, 1.807) is 0 Å². The number of ether oxygens (including phenoxy) is 1. The summed E-state index contributed by atoms with van der Waals surface area (Å²) in [6.45, 7) is 8.27. The van der Waals surface area contributed by atoms with Gasteiger partial charge in [0.15, 0.2) is 0 Å². The van der Waals surface area contributed by atoms with E-state index in [0.29, 0.717) is 6.54 Å². The van der Waals surface area contributed by atoms with E-state index in [0.717, 1.165) is 25.7 Å². The number of carbonyl (C=O) groups excluding carboxylic acids is 1. The molecule has 0 aliphatic heterocycles. The first-order valence-corrected chi connectivity index (χ1v) is 6.07. The molecule has 4 heteroatoms. The maximum Gasteiger partial charge on any atom is 0.407 e. The van der Waals surface area contributed by atoms with E-state index >= 15 is 0 Å². The molecule has 0 rings (SSSR count). The summed E-state index contributed by atoms with van der Waals surface area (Å²) in [4.78, 5) is 11.3. The quantitative estimate of drug-likeness (QED) is 0.736. The van der Waals surface area contributed by atoms with Gasteiger partial charge in [-0.25, -0.2) is 4.79 Å². The smallest absolute Gasteiger partial charge is 0.407 e. The number of rotatable bonds is 6. The molecule has 0 saturated carbocycles. The van der Waals surface area contributed by atoms with Crippen molar-refractivity contribution in [2.75, 3.05) is 6.54 Å². The molecule has 0 radical (unpaired) electrons. The molecule has 0 fully saturated rings. The van der Waals surface area contributed by atoms with E-state index in [-0.39, 0.29) is 12.1 Å². The highest BCUT2D eigenvalue weighted by molar-refractivity contribution is 5.67. The van der Waals surface area contributed by atoms with Gasteiger partial charge in [0, 0.05) is 12.6 Å². The van der Waals surface area contributed by atoms with Crippen LogP contribution in [0.1, 0.15) is 53.4 Å². The average Bonchev–Trinajstić information content (AvgIpc) is 2.11. The van der Waals surface area contributed by atoms with Crippen LogP contribution in [0.15, 0.2) is 0 Å². The van der Waals surface area contributed by atoms with Crippen molar-refractivity contribution >= 4 is 6.09 Å². The van der Waals surface area contributed by atoms with Crippen molar-refractivity contribution in [3.05, 3.63) is 0 Å². The lowest BCUT2D eigenvalue weighted by molar-refractivity contribution is 0.0526. The van der Waals surface area contributed by atoms with Crippen LogP contribution in [-0.4, -0.2) is 24.3 Å². The molecular formula is C12H26N2O2. The normalized spacial score (nSPS) is 13.3. The van der Waals surface area contributed by atoms with E-state index in [4.69, 9.17) is 10.5 Å². The van der Waals surface area contributed by atoms with Crippen molar-refractivity contribution in [3.8, 4) is 0 Å². The third kappa shape index (κ3) is 9.77. The Bertz CT molecular complexity index is 200. The first-order valence-electron chi connectivity index (χ1n) is 6.07. The Morgan fingerprint density at radius 2 is 2.00 bits per heavy atom. The third-order valence-electron chi connectivity index (χ3n) is 2.11. The Kier molecular flexibility index (Phi) is 7.13. The van der Waals surface area contributed by atoms with Crippen molar-refractivity contribution in [2.45, 2.75) is 65.0 Å². The number of carbonyl (C=O) groups is 1. The van der Waals surface area contributed by atoms with E-state index in [9.17, 15) is 4.79 Å². The van der Waals surface area contributed by atoms with Crippen molar-refractivity contribution in [1.82, 2.24) is 5.32 Å². The minimum atomic E-state index is -0.436. The highest BCUT2D eigenvalue weighted by atomic mass is 16.6. The first kappa shape index (κ1) is 15.2. The largest absolute Gasteiger partial charge is 0.444 e. The second kappa shape index (κ2) is 7.49. The first-order chi connectivity index (χ1) is 7.35. The molecular weight excluding hydrogens is 204 g/mol. The fraction of sp³-hybridized carbons (Fsp3) is 0.917. The van der Waals surface area contributed by atoms with Crippen molar-refractivity contribution in [3.63, 3.8) is 0 Å². The number of hydrogen-bond acceptors (Lipinski definition) is 3. The van der Waals surface area contributed by atoms with Crippen LogP contribution < -0.4 is 11.1 Å². The molecule has 1 amide bonds. The highest BCUT2D eigenvalue weighted by Gasteiger charge is 2.15. The maximum atomic E-state index is 11.3. The molecule has 96 valence electrons. The van der Waals surface area contributed by atoms with Gasteiger partial charge in [-0.2, -0.15) is 0 Å². The van der Waals surface area contributed by atoms with Gasteiger partial charge < -0.3 is 15.8 Å². The molecule has 0 heterocycles. The number of alkyl carbamates (subject to hydrolysis) is 1. The average molecular weight is 230 g/mol. The summed E-state index contributed by atoms with van der Waals surface area (Å²) in [6.07, 6.45) is 3.77. The van der Waals surface area contributed by atoms with E-state index < -0.39 is 5.60 Å². The lowest BCUT2D eigenvalue weighted by atomic mass is 10.1. The highest BCUT2D eigenvalue weighted by Crippen LogP contribution is 2.06. The molecule has 0 aromatic rings. The predicted octanol–water partition coefficient (Wildman–Crippen LogP) is 2.42. The van der Waals surface area contributed by atoms with Crippen LogP contribution in [0.3, 0.4) is 0 Å². The molecule has 0 bridgehead atoms. The summed E-state index contributed by atoms with van der Waals surface area (Å²) in [5.74, 6) is 0. The van der Waals surface area contributed by atoms with Crippen molar-refractivity contribution < 1.29 is 9.53 Å². The molecule has 16 heavy (non-hydrogen) atoms. The van der Waals surface area contributed by atoms with Gasteiger partial charge in [0.2, 0.25) is 0 Å². The van der Waals surface area contributed by atoms with E-state index in [1.165, 1.54) is 0 Å². The SMILES string of the molecule is CCCCC(N)CCNC(=O)OC(C)(C)C. The zero-order chi connectivity index (χ0) is 12.6.